The van der Waals surface area contributed by atoms with Crippen LogP contribution in [0.5, 0.6) is 0 Å². The van der Waals surface area contributed by atoms with Crippen molar-refractivity contribution in [2.24, 2.45) is 5.92 Å². The first-order valence-electron chi connectivity index (χ1n) is 12.3. The maximum absolute atomic E-state index is 12.3. The second kappa shape index (κ2) is 11.0. The van der Waals surface area contributed by atoms with Crippen molar-refractivity contribution in [1.29, 1.82) is 0 Å². The second-order valence-corrected chi connectivity index (χ2v) is 9.17. The molecule has 1 aromatic heterocycles. The van der Waals surface area contributed by atoms with Crippen molar-refractivity contribution in [2.45, 2.75) is 25.3 Å². The predicted molar refractivity (Wildman–Crippen MR) is 142 cm³/mol. The van der Waals surface area contributed by atoms with Crippen LogP contribution >= 0.6 is 0 Å². The van der Waals surface area contributed by atoms with Crippen LogP contribution < -0.4 is 10.2 Å². The van der Waals surface area contributed by atoms with Gasteiger partial charge in [-0.1, -0.05) is 91.0 Å². The van der Waals surface area contributed by atoms with Crippen LogP contribution in [0.15, 0.2) is 97.3 Å². The Hall–Kier alpha value is -4.26. The van der Waals surface area contributed by atoms with Crippen LogP contribution in [0.25, 0.3) is 0 Å². The summed E-state index contributed by atoms with van der Waals surface area (Å²) in [7, 11) is 0. The van der Waals surface area contributed by atoms with E-state index in [4.69, 9.17) is 0 Å². The van der Waals surface area contributed by atoms with Gasteiger partial charge in [0, 0.05) is 13.1 Å². The fraction of sp³-hybridized carbons (Fsp3) is 0.241. The van der Waals surface area contributed by atoms with E-state index in [0.29, 0.717) is 11.7 Å². The molecule has 0 amide bonds. The summed E-state index contributed by atoms with van der Waals surface area (Å²) in [5.74, 6) is 1.17. The number of anilines is 2. The van der Waals surface area contributed by atoms with E-state index in [1.165, 1.54) is 11.9 Å². The third kappa shape index (κ3) is 5.35. The number of nitrogens with one attached hydrogen (secondary N) is 1. The smallest absolute Gasteiger partial charge is 0.353 e. The lowest BCUT2D eigenvalue weighted by molar-refractivity contribution is -0.383. The summed E-state index contributed by atoms with van der Waals surface area (Å²) in [6.07, 6.45) is 4.39. The van der Waals surface area contributed by atoms with Gasteiger partial charge in [0.2, 0.25) is 11.6 Å². The third-order valence-electron chi connectivity index (χ3n) is 6.81. The minimum atomic E-state index is -0.360. The van der Waals surface area contributed by atoms with Crippen molar-refractivity contribution in [1.82, 2.24) is 9.97 Å². The van der Waals surface area contributed by atoms with Crippen molar-refractivity contribution < 1.29 is 4.92 Å². The van der Waals surface area contributed by atoms with Gasteiger partial charge < -0.3 is 10.2 Å². The molecular weight excluding hydrogens is 450 g/mol. The molecule has 5 rings (SSSR count). The van der Waals surface area contributed by atoms with E-state index in [2.05, 4.69) is 39.6 Å². The maximum Gasteiger partial charge on any atom is 0.353 e. The highest BCUT2D eigenvalue weighted by Crippen LogP contribution is 2.37. The highest BCUT2D eigenvalue weighted by atomic mass is 16.6. The van der Waals surface area contributed by atoms with Crippen molar-refractivity contribution in [3.63, 3.8) is 0 Å². The predicted octanol–water partition coefficient (Wildman–Crippen LogP) is 6.05. The summed E-state index contributed by atoms with van der Waals surface area (Å²) >= 11 is 0. The quantitative estimate of drug-likeness (QED) is 0.245. The summed E-state index contributed by atoms with van der Waals surface area (Å²) in [5.41, 5.74) is 3.26. The molecule has 0 saturated carbocycles. The molecular formula is C29H29N5O2. The molecule has 1 aliphatic heterocycles. The number of benzene rings is 3. The molecule has 182 valence electrons. The molecule has 1 saturated heterocycles. The summed E-state index contributed by atoms with van der Waals surface area (Å²) in [5, 5.41) is 15.7. The van der Waals surface area contributed by atoms with Crippen LogP contribution in [0.4, 0.5) is 17.3 Å². The molecule has 0 unspecified atom stereocenters. The van der Waals surface area contributed by atoms with Crippen molar-refractivity contribution in [2.75, 3.05) is 23.3 Å². The molecule has 7 nitrogen and oxygen atoms in total. The summed E-state index contributed by atoms with van der Waals surface area (Å²) in [4.78, 5) is 22.7. The molecule has 0 aliphatic carbocycles. The van der Waals surface area contributed by atoms with Crippen LogP contribution in [-0.2, 0) is 6.42 Å². The van der Waals surface area contributed by atoms with Crippen molar-refractivity contribution in [3.05, 3.63) is 124 Å². The average Bonchev–Trinajstić information content (AvgIpc) is 2.93. The molecule has 3 aromatic carbocycles. The standard InChI is InChI=1S/C29H29N5O2/c35-34(36)27-28(32-26(24-12-6-2-7-13-24)25-14-8-3-9-15-25)30-21-31-29(27)33-18-16-23(17-19-33)20-22-10-4-1-5-11-22/h1-15,21,23,26H,16-20H2,(H,30,31,32). The van der Waals surface area contributed by atoms with E-state index in [1.807, 2.05) is 71.6 Å². The van der Waals surface area contributed by atoms with Crippen LogP contribution in [-0.4, -0.2) is 28.0 Å². The lowest BCUT2D eigenvalue weighted by atomic mass is 9.90. The Morgan fingerprint density at radius 1 is 0.861 bits per heavy atom. The number of hydrogen-bond donors (Lipinski definition) is 1. The average molecular weight is 480 g/mol. The number of rotatable bonds is 8. The first-order valence-corrected chi connectivity index (χ1v) is 12.3. The van der Waals surface area contributed by atoms with Gasteiger partial charge >= 0.3 is 5.69 Å². The van der Waals surface area contributed by atoms with Gasteiger partial charge in [0.05, 0.1) is 11.0 Å². The molecule has 0 bridgehead atoms. The topological polar surface area (TPSA) is 84.2 Å². The van der Waals surface area contributed by atoms with E-state index < -0.39 is 0 Å². The molecule has 0 radical (unpaired) electrons. The Bertz CT molecular complexity index is 1240. The fourth-order valence-corrected chi connectivity index (χ4v) is 4.96. The Balaban J connectivity index is 1.39. The SMILES string of the molecule is O=[N+]([O-])c1c(NC(c2ccccc2)c2ccccc2)ncnc1N1CCC(Cc2ccccc2)CC1. The van der Waals surface area contributed by atoms with Crippen molar-refractivity contribution >= 4 is 17.3 Å². The minimum Gasteiger partial charge on any atom is -0.353 e. The lowest BCUT2D eigenvalue weighted by Gasteiger charge is -2.32. The number of hydrogen-bond acceptors (Lipinski definition) is 6. The van der Waals surface area contributed by atoms with Crippen LogP contribution in [0.3, 0.4) is 0 Å². The zero-order chi connectivity index (χ0) is 24.7. The van der Waals surface area contributed by atoms with Crippen LogP contribution in [0, 0.1) is 16.0 Å². The number of aromatic nitrogens is 2. The van der Waals surface area contributed by atoms with E-state index >= 15 is 0 Å². The fourth-order valence-electron chi connectivity index (χ4n) is 4.96. The molecule has 1 fully saturated rings. The normalized spacial score (nSPS) is 14.1. The number of piperidine rings is 1. The Kier molecular flexibility index (Phi) is 7.17. The van der Waals surface area contributed by atoms with Gasteiger partial charge in [-0.15, -0.1) is 0 Å². The highest BCUT2D eigenvalue weighted by Gasteiger charge is 2.31. The van der Waals surface area contributed by atoms with E-state index in [0.717, 1.165) is 43.5 Å². The van der Waals surface area contributed by atoms with Gasteiger partial charge in [0.1, 0.15) is 6.33 Å². The van der Waals surface area contributed by atoms with E-state index in [1.54, 1.807) is 0 Å². The molecule has 1 N–H and O–H groups in total. The molecule has 2 heterocycles. The first-order chi connectivity index (χ1) is 17.7. The third-order valence-corrected chi connectivity index (χ3v) is 6.81. The minimum absolute atomic E-state index is 0.0733. The number of nitro groups is 1. The summed E-state index contributed by atoms with van der Waals surface area (Å²) < 4.78 is 0. The van der Waals surface area contributed by atoms with Gasteiger partial charge in [-0.2, -0.15) is 0 Å². The van der Waals surface area contributed by atoms with Crippen LogP contribution in [0.2, 0.25) is 0 Å². The van der Waals surface area contributed by atoms with Gasteiger partial charge in [-0.25, -0.2) is 9.97 Å². The zero-order valence-electron chi connectivity index (χ0n) is 20.0. The monoisotopic (exact) mass is 479 g/mol. The second-order valence-electron chi connectivity index (χ2n) is 9.17. The van der Waals surface area contributed by atoms with E-state index in [-0.39, 0.29) is 22.5 Å². The molecule has 0 spiro atoms. The van der Waals surface area contributed by atoms with Gasteiger partial charge in [0.15, 0.2) is 0 Å². The summed E-state index contributed by atoms with van der Waals surface area (Å²) in [6, 6.07) is 30.0. The Morgan fingerprint density at radius 3 is 1.97 bits per heavy atom. The highest BCUT2D eigenvalue weighted by molar-refractivity contribution is 5.71. The molecule has 4 aromatic rings. The van der Waals surface area contributed by atoms with E-state index in [9.17, 15) is 10.1 Å². The number of nitrogens with zero attached hydrogens (tertiary/aromatic N) is 4. The molecule has 36 heavy (non-hydrogen) atoms. The first kappa shape index (κ1) is 23.5. The molecule has 0 atom stereocenters. The largest absolute Gasteiger partial charge is 0.353 e. The molecule has 7 heteroatoms. The summed E-state index contributed by atoms with van der Waals surface area (Å²) in [6.45, 7) is 1.46. The zero-order valence-corrected chi connectivity index (χ0v) is 20.0. The van der Waals surface area contributed by atoms with Gasteiger partial charge in [-0.3, -0.25) is 10.1 Å². The lowest BCUT2D eigenvalue weighted by Crippen LogP contribution is -2.35. The van der Waals surface area contributed by atoms with Crippen LogP contribution in [0.1, 0.15) is 35.6 Å². The van der Waals surface area contributed by atoms with Gasteiger partial charge in [-0.05, 0) is 41.9 Å². The van der Waals surface area contributed by atoms with Crippen molar-refractivity contribution in [3.8, 4) is 0 Å². The Morgan fingerprint density at radius 2 is 1.42 bits per heavy atom. The Labute approximate surface area is 211 Å². The van der Waals surface area contributed by atoms with Gasteiger partial charge in [0.25, 0.3) is 0 Å². The molecule has 1 aliphatic rings. The maximum atomic E-state index is 12.3.